The van der Waals surface area contributed by atoms with Crippen LogP contribution in [0.2, 0.25) is 0 Å². The summed E-state index contributed by atoms with van der Waals surface area (Å²) < 4.78 is 1.15. The predicted molar refractivity (Wildman–Crippen MR) is 85.9 cm³/mol. The van der Waals surface area contributed by atoms with Crippen LogP contribution in [-0.2, 0) is 11.2 Å². The molecule has 1 unspecified atom stereocenters. The smallest absolute Gasteiger partial charge is 0.220 e. The third kappa shape index (κ3) is 6.25. The molecule has 1 heterocycles. The Balaban J connectivity index is 0.00000180. The van der Waals surface area contributed by atoms with Crippen molar-refractivity contribution < 1.29 is 4.79 Å². The van der Waals surface area contributed by atoms with Crippen LogP contribution in [0.4, 0.5) is 0 Å². The molecule has 1 atom stereocenters. The summed E-state index contributed by atoms with van der Waals surface area (Å²) in [6.07, 6.45) is 4.91. The molecule has 3 nitrogen and oxygen atoms in total. The molecule has 19 heavy (non-hydrogen) atoms. The van der Waals surface area contributed by atoms with Gasteiger partial charge in [0.1, 0.15) is 0 Å². The highest BCUT2D eigenvalue weighted by Gasteiger charge is 2.28. The lowest BCUT2D eigenvalue weighted by atomic mass is 10.2. The first-order valence-corrected chi connectivity index (χ1v) is 8.02. The van der Waals surface area contributed by atoms with Crippen LogP contribution in [0.3, 0.4) is 0 Å². The molecule has 1 saturated carbocycles. The van der Waals surface area contributed by atoms with E-state index in [1.165, 1.54) is 17.7 Å². The molecule has 1 fully saturated rings. The number of aryl methyl sites for hydroxylation is 1. The second-order valence-corrected chi connectivity index (χ2v) is 7.41. The van der Waals surface area contributed by atoms with Crippen LogP contribution in [0, 0.1) is 5.92 Å². The second kappa shape index (κ2) is 8.25. The third-order valence-electron chi connectivity index (χ3n) is 3.22. The zero-order valence-corrected chi connectivity index (χ0v) is 14.0. The van der Waals surface area contributed by atoms with Crippen LogP contribution >= 0.6 is 39.7 Å². The molecule has 1 aliphatic rings. The zero-order valence-electron chi connectivity index (χ0n) is 10.7. The lowest BCUT2D eigenvalue weighted by Crippen LogP contribution is -2.38. The van der Waals surface area contributed by atoms with Gasteiger partial charge in [0, 0.05) is 23.9 Å². The van der Waals surface area contributed by atoms with Gasteiger partial charge in [-0.2, -0.15) is 0 Å². The van der Waals surface area contributed by atoms with Gasteiger partial charge in [-0.05, 0) is 59.7 Å². The van der Waals surface area contributed by atoms with Crippen molar-refractivity contribution in [3.8, 4) is 0 Å². The highest BCUT2D eigenvalue weighted by molar-refractivity contribution is 9.11. The van der Waals surface area contributed by atoms with Gasteiger partial charge in [-0.15, -0.1) is 23.7 Å². The van der Waals surface area contributed by atoms with E-state index in [1.807, 2.05) is 0 Å². The fourth-order valence-corrected chi connectivity index (χ4v) is 3.45. The maximum Gasteiger partial charge on any atom is 0.220 e. The Morgan fingerprint density at radius 2 is 2.26 bits per heavy atom. The van der Waals surface area contributed by atoms with Gasteiger partial charge in [-0.1, -0.05) is 0 Å². The molecule has 0 bridgehead atoms. The number of amides is 1. The molecule has 1 amide bonds. The first kappa shape index (κ1) is 17.0. The summed E-state index contributed by atoms with van der Waals surface area (Å²) >= 11 is 5.17. The number of hydrogen-bond donors (Lipinski definition) is 2. The molecule has 0 aliphatic heterocycles. The molecule has 6 heteroatoms. The Kier molecular flexibility index (Phi) is 7.36. The highest BCUT2D eigenvalue weighted by Crippen LogP contribution is 2.31. The Morgan fingerprint density at radius 3 is 2.84 bits per heavy atom. The van der Waals surface area contributed by atoms with Crippen LogP contribution in [0.1, 0.15) is 30.6 Å². The largest absolute Gasteiger partial charge is 0.355 e. The van der Waals surface area contributed by atoms with Crippen molar-refractivity contribution in [2.45, 2.75) is 38.1 Å². The topological polar surface area (TPSA) is 55.1 Å². The Hall–Kier alpha value is -0.100. The standard InChI is InChI=1S/C13H19BrN2OS.ClH/c14-12-7-6-10(18-12)2-1-3-13(17)16-8-11(15)9-4-5-9;/h6-7,9,11H,1-5,8,15H2,(H,16,17);1H. The molecule has 0 spiro atoms. The summed E-state index contributed by atoms with van der Waals surface area (Å²) in [7, 11) is 0. The van der Waals surface area contributed by atoms with Gasteiger partial charge in [-0.3, -0.25) is 4.79 Å². The number of thiophene rings is 1. The normalized spacial score (nSPS) is 15.7. The van der Waals surface area contributed by atoms with Gasteiger partial charge >= 0.3 is 0 Å². The molecule has 0 saturated heterocycles. The summed E-state index contributed by atoms with van der Waals surface area (Å²) in [5, 5.41) is 2.93. The molecule has 1 aromatic heterocycles. The fourth-order valence-electron chi connectivity index (χ4n) is 1.92. The van der Waals surface area contributed by atoms with Crippen LogP contribution in [0.15, 0.2) is 15.9 Å². The number of carbonyl (C=O) groups excluding carboxylic acids is 1. The molecule has 1 aliphatic carbocycles. The zero-order chi connectivity index (χ0) is 13.0. The molecule has 0 radical (unpaired) electrons. The average molecular weight is 368 g/mol. The SMILES string of the molecule is Cl.NC(CNC(=O)CCCc1ccc(Br)s1)C1CC1. The summed E-state index contributed by atoms with van der Waals surface area (Å²) in [6.45, 7) is 0.633. The molecule has 2 rings (SSSR count). The molecular weight excluding hydrogens is 348 g/mol. The molecule has 0 aromatic carbocycles. The van der Waals surface area contributed by atoms with Crippen LogP contribution < -0.4 is 11.1 Å². The van der Waals surface area contributed by atoms with E-state index in [9.17, 15) is 4.79 Å². The average Bonchev–Trinajstić information content (AvgIpc) is 3.11. The van der Waals surface area contributed by atoms with E-state index in [0.717, 1.165) is 16.6 Å². The van der Waals surface area contributed by atoms with Crippen molar-refractivity contribution in [1.29, 1.82) is 0 Å². The molecule has 1 aromatic rings. The second-order valence-electron chi connectivity index (χ2n) is 4.86. The number of nitrogens with one attached hydrogen (secondary N) is 1. The molecule has 3 N–H and O–H groups in total. The first-order chi connectivity index (χ1) is 8.65. The minimum absolute atomic E-state index is 0. The van der Waals surface area contributed by atoms with Gasteiger partial charge in [0.15, 0.2) is 0 Å². The van der Waals surface area contributed by atoms with Crippen molar-refractivity contribution >= 4 is 45.6 Å². The van der Waals surface area contributed by atoms with E-state index in [2.05, 4.69) is 33.4 Å². The van der Waals surface area contributed by atoms with E-state index < -0.39 is 0 Å². The summed E-state index contributed by atoms with van der Waals surface area (Å²) in [6, 6.07) is 4.31. The maximum atomic E-state index is 11.6. The summed E-state index contributed by atoms with van der Waals surface area (Å²) in [5.74, 6) is 0.774. The van der Waals surface area contributed by atoms with E-state index >= 15 is 0 Å². The van der Waals surface area contributed by atoms with Crippen LogP contribution in [0.25, 0.3) is 0 Å². The van der Waals surface area contributed by atoms with Crippen molar-refractivity contribution in [3.05, 3.63) is 20.8 Å². The Bertz CT molecular complexity index is 409. The first-order valence-electron chi connectivity index (χ1n) is 6.41. The van der Waals surface area contributed by atoms with Crippen LogP contribution in [0.5, 0.6) is 0 Å². The minimum Gasteiger partial charge on any atom is -0.355 e. The van der Waals surface area contributed by atoms with Crippen molar-refractivity contribution in [2.24, 2.45) is 11.7 Å². The number of nitrogens with two attached hydrogens (primary N) is 1. The third-order valence-corrected chi connectivity index (χ3v) is 4.90. The number of hydrogen-bond acceptors (Lipinski definition) is 3. The number of carbonyl (C=O) groups is 1. The number of halogens is 2. The van der Waals surface area contributed by atoms with Gasteiger partial charge in [-0.25, -0.2) is 0 Å². The molecular formula is C13H20BrClN2OS. The quantitative estimate of drug-likeness (QED) is 0.778. The van der Waals surface area contributed by atoms with Crippen LogP contribution in [-0.4, -0.2) is 18.5 Å². The molecule has 108 valence electrons. The van der Waals surface area contributed by atoms with Gasteiger partial charge in [0.05, 0.1) is 3.79 Å². The summed E-state index contributed by atoms with van der Waals surface area (Å²) in [4.78, 5) is 12.9. The van der Waals surface area contributed by atoms with Crippen molar-refractivity contribution in [2.75, 3.05) is 6.54 Å². The predicted octanol–water partition coefficient (Wildman–Crippen LogP) is 3.11. The van der Waals surface area contributed by atoms with Gasteiger partial charge < -0.3 is 11.1 Å². The summed E-state index contributed by atoms with van der Waals surface area (Å²) in [5.41, 5.74) is 5.93. The van der Waals surface area contributed by atoms with Gasteiger partial charge in [0.25, 0.3) is 0 Å². The van der Waals surface area contributed by atoms with E-state index in [0.29, 0.717) is 18.9 Å². The van der Waals surface area contributed by atoms with E-state index in [1.54, 1.807) is 11.3 Å². The maximum absolute atomic E-state index is 11.6. The minimum atomic E-state index is 0. The fraction of sp³-hybridized carbons (Fsp3) is 0.615. The Labute approximate surface area is 132 Å². The van der Waals surface area contributed by atoms with Crippen molar-refractivity contribution in [1.82, 2.24) is 5.32 Å². The van der Waals surface area contributed by atoms with E-state index in [-0.39, 0.29) is 24.4 Å². The lowest BCUT2D eigenvalue weighted by molar-refractivity contribution is -0.121. The monoisotopic (exact) mass is 366 g/mol. The highest BCUT2D eigenvalue weighted by atomic mass is 79.9. The Morgan fingerprint density at radius 1 is 1.53 bits per heavy atom. The number of rotatable bonds is 7. The van der Waals surface area contributed by atoms with Gasteiger partial charge in [0.2, 0.25) is 5.91 Å². The lowest BCUT2D eigenvalue weighted by Gasteiger charge is -2.11. The van der Waals surface area contributed by atoms with E-state index in [4.69, 9.17) is 5.73 Å². The van der Waals surface area contributed by atoms with Crippen molar-refractivity contribution in [3.63, 3.8) is 0 Å².